The lowest BCUT2D eigenvalue weighted by Crippen LogP contribution is -2.60. The highest BCUT2D eigenvalue weighted by Gasteiger charge is 2.50. The quantitative estimate of drug-likeness (QED) is 0.731. The lowest BCUT2D eigenvalue weighted by atomic mass is 9.90. The van der Waals surface area contributed by atoms with Crippen LogP contribution in [0, 0.1) is 5.92 Å². The smallest absolute Gasteiger partial charge is 0.151 e. The summed E-state index contributed by atoms with van der Waals surface area (Å²) in [6.45, 7) is 1.11. The Kier molecular flexibility index (Phi) is 4.02. The van der Waals surface area contributed by atoms with Crippen LogP contribution >= 0.6 is 0 Å². The van der Waals surface area contributed by atoms with Gasteiger partial charge in [0.25, 0.3) is 0 Å². The number of nitrogens with zero attached hydrogens (tertiary/aromatic N) is 1. The largest absolute Gasteiger partial charge is 0.383 e. The van der Waals surface area contributed by atoms with Crippen LogP contribution in [0.1, 0.15) is 19.3 Å². The van der Waals surface area contributed by atoms with Crippen LogP contribution in [0.15, 0.2) is 0 Å². The molecule has 2 unspecified atom stereocenters. The zero-order valence-electron chi connectivity index (χ0n) is 11.3. The van der Waals surface area contributed by atoms with E-state index in [4.69, 9.17) is 10.5 Å². The minimum atomic E-state index is -2.85. The minimum Gasteiger partial charge on any atom is -0.383 e. The van der Waals surface area contributed by atoms with Crippen molar-refractivity contribution in [1.82, 2.24) is 4.90 Å². The number of rotatable bonds is 6. The SMILES string of the molecule is COCC(CN)(C1CC1)N(C)C1CCS(=O)(=O)C1. The Labute approximate surface area is 110 Å². The molecule has 2 fully saturated rings. The third kappa shape index (κ3) is 2.57. The number of ether oxygens (including phenoxy) is 1. The van der Waals surface area contributed by atoms with Crippen LogP contribution in [-0.2, 0) is 14.6 Å². The second-order valence-corrected chi connectivity index (χ2v) is 7.91. The molecule has 1 heterocycles. The second kappa shape index (κ2) is 5.07. The maximum Gasteiger partial charge on any atom is 0.151 e. The van der Waals surface area contributed by atoms with Gasteiger partial charge in [0.15, 0.2) is 9.84 Å². The van der Waals surface area contributed by atoms with Gasteiger partial charge in [-0.25, -0.2) is 8.42 Å². The number of methoxy groups -OCH3 is 1. The molecule has 2 aliphatic rings. The molecule has 1 saturated heterocycles. The third-order valence-corrected chi connectivity index (χ3v) is 6.29. The summed E-state index contributed by atoms with van der Waals surface area (Å²) in [5.74, 6) is 1.12. The van der Waals surface area contributed by atoms with Gasteiger partial charge < -0.3 is 10.5 Å². The highest BCUT2D eigenvalue weighted by molar-refractivity contribution is 7.91. The molecule has 0 aromatic carbocycles. The summed E-state index contributed by atoms with van der Waals surface area (Å²) >= 11 is 0. The molecule has 2 N–H and O–H groups in total. The Morgan fingerprint density at radius 3 is 2.44 bits per heavy atom. The van der Waals surface area contributed by atoms with E-state index in [0.717, 1.165) is 6.42 Å². The standard InChI is InChI=1S/C12H24N2O3S/c1-14(11-5-6-18(15,16)7-11)12(8-13,9-17-2)10-3-4-10/h10-11H,3-9,13H2,1-2H3. The van der Waals surface area contributed by atoms with Crippen molar-refractivity contribution < 1.29 is 13.2 Å². The highest BCUT2D eigenvalue weighted by atomic mass is 32.2. The van der Waals surface area contributed by atoms with E-state index in [-0.39, 0.29) is 17.3 Å². The van der Waals surface area contributed by atoms with Crippen LogP contribution in [0.2, 0.25) is 0 Å². The molecular formula is C12H24N2O3S. The molecule has 2 rings (SSSR count). The van der Waals surface area contributed by atoms with E-state index in [1.807, 2.05) is 7.05 Å². The first-order valence-electron chi connectivity index (χ1n) is 6.57. The van der Waals surface area contributed by atoms with Gasteiger partial charge in [0.2, 0.25) is 0 Å². The summed E-state index contributed by atoms with van der Waals surface area (Å²) in [6.07, 6.45) is 3.06. The van der Waals surface area contributed by atoms with Gasteiger partial charge in [0.05, 0.1) is 23.7 Å². The van der Waals surface area contributed by atoms with Crippen molar-refractivity contribution in [3.05, 3.63) is 0 Å². The van der Waals surface area contributed by atoms with Gasteiger partial charge in [0.1, 0.15) is 0 Å². The van der Waals surface area contributed by atoms with Crippen molar-refractivity contribution >= 4 is 9.84 Å². The summed E-state index contributed by atoms with van der Waals surface area (Å²) in [6, 6.07) is 0.0919. The van der Waals surface area contributed by atoms with Gasteiger partial charge in [-0.1, -0.05) is 0 Å². The van der Waals surface area contributed by atoms with Gasteiger partial charge in [-0.15, -0.1) is 0 Å². The van der Waals surface area contributed by atoms with E-state index in [1.165, 1.54) is 12.8 Å². The van der Waals surface area contributed by atoms with E-state index in [9.17, 15) is 8.42 Å². The van der Waals surface area contributed by atoms with Gasteiger partial charge in [0, 0.05) is 19.7 Å². The van der Waals surface area contributed by atoms with Gasteiger partial charge in [-0.2, -0.15) is 0 Å². The fraction of sp³-hybridized carbons (Fsp3) is 1.00. The van der Waals surface area contributed by atoms with Crippen LogP contribution in [0.4, 0.5) is 0 Å². The van der Waals surface area contributed by atoms with E-state index in [0.29, 0.717) is 24.8 Å². The first kappa shape index (κ1) is 14.2. The molecule has 0 bridgehead atoms. The predicted molar refractivity (Wildman–Crippen MR) is 71.2 cm³/mol. The third-order valence-electron chi connectivity index (χ3n) is 4.54. The van der Waals surface area contributed by atoms with E-state index in [1.54, 1.807) is 7.11 Å². The predicted octanol–water partition coefficient (Wildman–Crippen LogP) is -0.141. The Morgan fingerprint density at radius 2 is 2.06 bits per heavy atom. The minimum absolute atomic E-state index is 0.0919. The van der Waals surface area contributed by atoms with Crippen LogP contribution in [0.25, 0.3) is 0 Å². The first-order chi connectivity index (χ1) is 8.45. The van der Waals surface area contributed by atoms with Crippen LogP contribution in [-0.4, -0.2) is 63.7 Å². The average molecular weight is 276 g/mol. The zero-order valence-corrected chi connectivity index (χ0v) is 12.1. The van der Waals surface area contributed by atoms with Crippen LogP contribution in [0.3, 0.4) is 0 Å². The summed E-state index contributed by atoms with van der Waals surface area (Å²) in [5.41, 5.74) is 5.82. The lowest BCUT2D eigenvalue weighted by molar-refractivity contribution is -0.00399. The van der Waals surface area contributed by atoms with Crippen molar-refractivity contribution in [2.45, 2.75) is 30.8 Å². The molecule has 5 nitrogen and oxygen atoms in total. The van der Waals surface area contributed by atoms with Gasteiger partial charge in [-0.3, -0.25) is 4.90 Å². The molecule has 106 valence electrons. The summed E-state index contributed by atoms with van der Waals surface area (Å²) in [4.78, 5) is 2.19. The number of hydrogen-bond donors (Lipinski definition) is 1. The molecule has 0 amide bonds. The molecule has 1 aliphatic carbocycles. The summed E-state index contributed by atoms with van der Waals surface area (Å²) in [7, 11) is 0.844. The fourth-order valence-electron chi connectivity index (χ4n) is 3.19. The Balaban J connectivity index is 2.15. The topological polar surface area (TPSA) is 72.6 Å². The molecule has 0 spiro atoms. The van der Waals surface area contributed by atoms with Crippen LogP contribution < -0.4 is 5.73 Å². The lowest BCUT2D eigenvalue weighted by Gasteiger charge is -2.44. The molecule has 0 radical (unpaired) electrons. The Hall–Kier alpha value is -0.170. The molecule has 18 heavy (non-hydrogen) atoms. The molecule has 6 heteroatoms. The van der Waals surface area contributed by atoms with Gasteiger partial charge in [-0.05, 0) is 32.2 Å². The van der Waals surface area contributed by atoms with Crippen molar-refractivity contribution in [3.8, 4) is 0 Å². The van der Waals surface area contributed by atoms with Crippen molar-refractivity contribution in [2.24, 2.45) is 11.7 Å². The molecule has 0 aromatic rings. The maximum absolute atomic E-state index is 11.6. The summed E-state index contributed by atoms with van der Waals surface area (Å²) in [5, 5.41) is 0. The average Bonchev–Trinajstić information content (AvgIpc) is 3.10. The highest BCUT2D eigenvalue weighted by Crippen LogP contribution is 2.44. The van der Waals surface area contributed by atoms with Crippen molar-refractivity contribution in [1.29, 1.82) is 0 Å². The fourth-order valence-corrected chi connectivity index (χ4v) is 4.97. The van der Waals surface area contributed by atoms with E-state index < -0.39 is 9.84 Å². The second-order valence-electron chi connectivity index (χ2n) is 5.68. The summed E-state index contributed by atoms with van der Waals surface area (Å²) < 4.78 is 28.6. The molecule has 1 aliphatic heterocycles. The molecule has 1 saturated carbocycles. The van der Waals surface area contributed by atoms with E-state index >= 15 is 0 Å². The Bertz CT molecular complexity index is 394. The van der Waals surface area contributed by atoms with Crippen molar-refractivity contribution in [3.63, 3.8) is 0 Å². The van der Waals surface area contributed by atoms with E-state index in [2.05, 4.69) is 4.90 Å². The zero-order chi connectivity index (χ0) is 13.4. The monoisotopic (exact) mass is 276 g/mol. The normalized spacial score (nSPS) is 30.6. The maximum atomic E-state index is 11.6. The molecular weight excluding hydrogens is 252 g/mol. The number of nitrogens with two attached hydrogens (primary N) is 1. The Morgan fingerprint density at radius 1 is 1.39 bits per heavy atom. The van der Waals surface area contributed by atoms with Gasteiger partial charge >= 0.3 is 0 Å². The number of sulfone groups is 1. The number of likely N-dealkylation sites (N-methyl/N-ethyl adjacent to an activating group) is 1. The molecule has 2 atom stereocenters. The number of hydrogen-bond acceptors (Lipinski definition) is 5. The first-order valence-corrected chi connectivity index (χ1v) is 8.40. The van der Waals surface area contributed by atoms with Crippen LogP contribution in [0.5, 0.6) is 0 Å². The van der Waals surface area contributed by atoms with Crippen molar-refractivity contribution in [2.75, 3.05) is 38.8 Å². The molecule has 0 aromatic heterocycles.